The smallest absolute Gasteiger partial charge is 0.208 e. The van der Waals surface area contributed by atoms with E-state index in [1.165, 1.54) is 12.7 Å². The van der Waals surface area contributed by atoms with E-state index < -0.39 is 10.0 Å². The van der Waals surface area contributed by atoms with Crippen LogP contribution in [0, 0.1) is 0 Å². The number of hydrogen-bond acceptors (Lipinski definition) is 4. The average Bonchev–Trinajstić information content (AvgIpc) is 2.37. The highest BCUT2D eigenvalue weighted by Gasteiger charge is 2.13. The number of ether oxygens (including phenoxy) is 2. The molecule has 1 N–H and O–H groups in total. The summed E-state index contributed by atoms with van der Waals surface area (Å²) in [5.41, 5.74) is 0. The molecule has 6 heteroatoms. The SMILES string of the molecule is CS(=O)(=O)NCCCCCCCOC1CCCCO1. The van der Waals surface area contributed by atoms with Crippen LogP contribution in [0.4, 0.5) is 0 Å². The van der Waals surface area contributed by atoms with Crippen LogP contribution in [0.15, 0.2) is 0 Å². The zero-order chi connectivity index (χ0) is 14.0. The molecule has 0 saturated carbocycles. The Balaban J connectivity index is 1.81. The van der Waals surface area contributed by atoms with E-state index in [4.69, 9.17) is 9.47 Å². The van der Waals surface area contributed by atoms with Gasteiger partial charge in [-0.1, -0.05) is 19.3 Å². The number of hydrogen-bond donors (Lipinski definition) is 1. The van der Waals surface area contributed by atoms with Crippen LogP contribution in [0.25, 0.3) is 0 Å². The van der Waals surface area contributed by atoms with Crippen molar-refractivity contribution in [3.63, 3.8) is 0 Å². The van der Waals surface area contributed by atoms with Crippen molar-refractivity contribution in [2.45, 2.75) is 57.7 Å². The minimum Gasteiger partial charge on any atom is -0.353 e. The molecule has 0 bridgehead atoms. The molecule has 1 saturated heterocycles. The van der Waals surface area contributed by atoms with Crippen molar-refractivity contribution in [2.75, 3.05) is 26.0 Å². The Labute approximate surface area is 117 Å². The first-order chi connectivity index (χ1) is 9.08. The maximum absolute atomic E-state index is 10.8. The highest BCUT2D eigenvalue weighted by molar-refractivity contribution is 7.88. The van der Waals surface area contributed by atoms with Gasteiger partial charge >= 0.3 is 0 Å². The predicted molar refractivity (Wildman–Crippen MR) is 75.5 cm³/mol. The Hall–Kier alpha value is -0.170. The summed E-state index contributed by atoms with van der Waals surface area (Å²) in [7, 11) is -3.02. The second-order valence-corrected chi connectivity index (χ2v) is 6.93. The van der Waals surface area contributed by atoms with Crippen LogP contribution >= 0.6 is 0 Å². The first-order valence-corrected chi connectivity index (χ1v) is 9.15. The molecule has 1 unspecified atom stereocenters. The molecule has 1 rings (SSSR count). The third kappa shape index (κ3) is 10.3. The van der Waals surface area contributed by atoms with Crippen LogP contribution in [0.1, 0.15) is 51.4 Å². The van der Waals surface area contributed by atoms with E-state index in [1.807, 2.05) is 0 Å². The van der Waals surface area contributed by atoms with Gasteiger partial charge in [-0.05, 0) is 32.1 Å². The number of nitrogens with one attached hydrogen (secondary N) is 1. The Morgan fingerprint density at radius 1 is 1.16 bits per heavy atom. The van der Waals surface area contributed by atoms with E-state index in [-0.39, 0.29) is 6.29 Å². The van der Waals surface area contributed by atoms with Crippen molar-refractivity contribution in [1.82, 2.24) is 4.72 Å². The van der Waals surface area contributed by atoms with Gasteiger partial charge in [-0.3, -0.25) is 0 Å². The Bertz CT molecular complexity index is 313. The predicted octanol–water partition coefficient (Wildman–Crippen LogP) is 2.03. The highest BCUT2D eigenvalue weighted by atomic mass is 32.2. The van der Waals surface area contributed by atoms with Crippen LogP contribution in [0.2, 0.25) is 0 Å². The third-order valence-electron chi connectivity index (χ3n) is 3.13. The zero-order valence-corrected chi connectivity index (χ0v) is 12.7. The average molecular weight is 293 g/mol. The molecule has 1 fully saturated rings. The van der Waals surface area contributed by atoms with Crippen LogP contribution in [0.3, 0.4) is 0 Å². The molecule has 1 heterocycles. The molecule has 5 nitrogen and oxygen atoms in total. The van der Waals surface area contributed by atoms with Crippen molar-refractivity contribution < 1.29 is 17.9 Å². The van der Waals surface area contributed by atoms with Crippen molar-refractivity contribution in [3.8, 4) is 0 Å². The normalized spacial score (nSPS) is 20.6. The van der Waals surface area contributed by atoms with Crippen LogP contribution in [-0.2, 0) is 19.5 Å². The Morgan fingerprint density at radius 3 is 2.58 bits per heavy atom. The summed E-state index contributed by atoms with van der Waals surface area (Å²) < 4.78 is 35.3. The molecule has 1 aliphatic rings. The van der Waals surface area contributed by atoms with Crippen LogP contribution in [0.5, 0.6) is 0 Å². The number of sulfonamides is 1. The van der Waals surface area contributed by atoms with Gasteiger partial charge in [0, 0.05) is 19.8 Å². The van der Waals surface area contributed by atoms with Crippen molar-refractivity contribution in [2.24, 2.45) is 0 Å². The van der Waals surface area contributed by atoms with Gasteiger partial charge in [-0.2, -0.15) is 0 Å². The molecule has 0 aromatic rings. The molecule has 19 heavy (non-hydrogen) atoms. The van der Waals surface area contributed by atoms with E-state index in [9.17, 15) is 8.42 Å². The Kier molecular flexibility index (Phi) is 8.61. The second-order valence-electron chi connectivity index (χ2n) is 5.10. The van der Waals surface area contributed by atoms with Gasteiger partial charge < -0.3 is 9.47 Å². The molecule has 1 atom stereocenters. The van der Waals surface area contributed by atoms with Crippen molar-refractivity contribution >= 4 is 10.0 Å². The summed E-state index contributed by atoms with van der Waals surface area (Å²) in [4.78, 5) is 0. The van der Waals surface area contributed by atoms with Crippen molar-refractivity contribution in [3.05, 3.63) is 0 Å². The number of rotatable bonds is 10. The van der Waals surface area contributed by atoms with E-state index in [0.29, 0.717) is 6.54 Å². The lowest BCUT2D eigenvalue weighted by atomic mass is 10.1. The van der Waals surface area contributed by atoms with Gasteiger partial charge in [0.1, 0.15) is 0 Å². The lowest BCUT2D eigenvalue weighted by Gasteiger charge is -2.22. The molecule has 0 radical (unpaired) electrons. The summed E-state index contributed by atoms with van der Waals surface area (Å²) in [5, 5.41) is 0. The molecular formula is C13H27NO4S. The van der Waals surface area contributed by atoms with Gasteiger partial charge in [0.25, 0.3) is 0 Å². The molecule has 0 amide bonds. The van der Waals surface area contributed by atoms with Crippen molar-refractivity contribution in [1.29, 1.82) is 0 Å². The number of unbranched alkanes of at least 4 members (excludes halogenated alkanes) is 4. The maximum atomic E-state index is 10.8. The fourth-order valence-electron chi connectivity index (χ4n) is 2.07. The Morgan fingerprint density at radius 2 is 1.89 bits per heavy atom. The summed E-state index contributed by atoms with van der Waals surface area (Å²) >= 11 is 0. The highest BCUT2D eigenvalue weighted by Crippen LogP contribution is 2.14. The van der Waals surface area contributed by atoms with Gasteiger partial charge in [-0.25, -0.2) is 13.1 Å². The fraction of sp³-hybridized carbons (Fsp3) is 1.00. The zero-order valence-electron chi connectivity index (χ0n) is 11.9. The van der Waals surface area contributed by atoms with E-state index in [1.54, 1.807) is 0 Å². The topological polar surface area (TPSA) is 64.6 Å². The fourth-order valence-corrected chi connectivity index (χ4v) is 2.59. The first-order valence-electron chi connectivity index (χ1n) is 7.26. The third-order valence-corrected chi connectivity index (χ3v) is 3.86. The van der Waals surface area contributed by atoms with Crippen LogP contribution < -0.4 is 4.72 Å². The first kappa shape index (κ1) is 16.9. The van der Waals surface area contributed by atoms with Crippen LogP contribution in [-0.4, -0.2) is 40.7 Å². The molecular weight excluding hydrogens is 266 g/mol. The van der Waals surface area contributed by atoms with Gasteiger partial charge in [0.2, 0.25) is 10.0 Å². The molecule has 0 spiro atoms. The van der Waals surface area contributed by atoms with E-state index >= 15 is 0 Å². The maximum Gasteiger partial charge on any atom is 0.208 e. The largest absolute Gasteiger partial charge is 0.353 e. The van der Waals surface area contributed by atoms with Gasteiger partial charge in [0.05, 0.1) is 6.26 Å². The minimum atomic E-state index is -3.02. The monoisotopic (exact) mass is 293 g/mol. The second kappa shape index (κ2) is 9.69. The van der Waals surface area contributed by atoms with E-state index in [2.05, 4.69) is 4.72 Å². The quantitative estimate of drug-likeness (QED) is 0.626. The minimum absolute atomic E-state index is 0.0210. The van der Waals surface area contributed by atoms with E-state index in [0.717, 1.165) is 58.2 Å². The molecule has 0 aromatic heterocycles. The molecule has 0 aliphatic carbocycles. The van der Waals surface area contributed by atoms with Gasteiger partial charge in [-0.15, -0.1) is 0 Å². The molecule has 114 valence electrons. The standard InChI is InChI=1S/C13H27NO4S/c1-19(15,16)14-10-6-3-2-4-7-11-17-13-9-5-8-12-18-13/h13-14H,2-12H2,1H3. The molecule has 0 aromatic carbocycles. The lowest BCUT2D eigenvalue weighted by Crippen LogP contribution is -2.23. The summed E-state index contributed by atoms with van der Waals surface area (Å²) in [5.74, 6) is 0. The molecule has 1 aliphatic heterocycles. The summed E-state index contributed by atoms with van der Waals surface area (Å²) in [6, 6.07) is 0. The lowest BCUT2D eigenvalue weighted by molar-refractivity contribution is -0.162. The summed E-state index contributed by atoms with van der Waals surface area (Å²) in [6.45, 7) is 2.15. The summed E-state index contributed by atoms with van der Waals surface area (Å²) in [6.07, 6.45) is 9.87. The van der Waals surface area contributed by atoms with Gasteiger partial charge in [0.15, 0.2) is 6.29 Å².